The highest BCUT2D eigenvalue weighted by molar-refractivity contribution is 5.56. The molecule has 0 amide bonds. The molecular formula is C23H27FN6O. The number of halogens is 1. The highest BCUT2D eigenvalue weighted by Crippen LogP contribution is 2.23. The Hall–Kier alpha value is -3.00. The first-order chi connectivity index (χ1) is 15.3. The van der Waals surface area contributed by atoms with E-state index in [9.17, 15) is 4.39 Å². The molecule has 0 radical (unpaired) electrons. The lowest BCUT2D eigenvalue weighted by atomic mass is 10.1. The van der Waals surface area contributed by atoms with Gasteiger partial charge in [-0.3, -0.25) is 4.90 Å². The van der Waals surface area contributed by atoms with Gasteiger partial charge in [0.05, 0.1) is 12.2 Å². The van der Waals surface area contributed by atoms with Crippen LogP contribution in [0.25, 0.3) is 11.4 Å². The van der Waals surface area contributed by atoms with E-state index in [2.05, 4.69) is 29.8 Å². The van der Waals surface area contributed by atoms with Crippen molar-refractivity contribution in [1.82, 2.24) is 20.0 Å². The zero-order chi connectivity index (χ0) is 21.0. The predicted molar refractivity (Wildman–Crippen MR) is 117 cm³/mol. The van der Waals surface area contributed by atoms with Crippen LogP contribution in [0.3, 0.4) is 0 Å². The van der Waals surface area contributed by atoms with E-state index in [1.54, 1.807) is 6.07 Å². The normalized spacial score (nSPS) is 17.8. The molecule has 3 aromatic rings. The molecule has 2 aromatic heterocycles. The lowest BCUT2D eigenvalue weighted by molar-refractivity contribution is 0.215. The van der Waals surface area contributed by atoms with Crippen molar-refractivity contribution in [3.8, 4) is 11.4 Å². The molecule has 0 saturated carbocycles. The van der Waals surface area contributed by atoms with E-state index in [0.717, 1.165) is 50.6 Å². The van der Waals surface area contributed by atoms with E-state index in [4.69, 9.17) is 4.52 Å². The summed E-state index contributed by atoms with van der Waals surface area (Å²) in [5.41, 5.74) is 1.53. The van der Waals surface area contributed by atoms with Crippen LogP contribution in [0.4, 0.5) is 15.9 Å². The summed E-state index contributed by atoms with van der Waals surface area (Å²) in [6.07, 6.45) is 5.59. The number of benzene rings is 1. The topological polar surface area (TPSA) is 61.5 Å². The smallest absolute Gasteiger partial charge is 0.241 e. The fraction of sp³-hybridized carbons (Fsp3) is 0.435. The molecule has 2 aliphatic rings. The van der Waals surface area contributed by atoms with Crippen molar-refractivity contribution >= 4 is 11.5 Å². The Morgan fingerprint density at radius 1 is 0.871 bits per heavy atom. The molecule has 5 rings (SSSR count). The average molecular weight is 423 g/mol. The Bertz CT molecular complexity index is 993. The zero-order valence-corrected chi connectivity index (χ0v) is 17.6. The summed E-state index contributed by atoms with van der Waals surface area (Å²) in [5.74, 6) is 2.00. The van der Waals surface area contributed by atoms with E-state index in [1.807, 2.05) is 30.5 Å². The van der Waals surface area contributed by atoms with Crippen LogP contribution in [0.1, 0.15) is 25.2 Å². The predicted octanol–water partition coefficient (Wildman–Crippen LogP) is 3.58. The van der Waals surface area contributed by atoms with Crippen LogP contribution >= 0.6 is 0 Å². The number of pyridine rings is 1. The lowest BCUT2D eigenvalue weighted by Gasteiger charge is -2.35. The number of piperidine rings is 1. The van der Waals surface area contributed by atoms with Crippen LogP contribution in [0, 0.1) is 5.82 Å². The first-order valence-electron chi connectivity index (χ1n) is 11.0. The van der Waals surface area contributed by atoms with Gasteiger partial charge >= 0.3 is 0 Å². The summed E-state index contributed by atoms with van der Waals surface area (Å²) in [6.45, 7) is 5.91. The first-order valence-corrected chi connectivity index (χ1v) is 11.0. The van der Waals surface area contributed by atoms with Crippen molar-refractivity contribution in [2.24, 2.45) is 0 Å². The molecule has 8 heteroatoms. The van der Waals surface area contributed by atoms with Gasteiger partial charge in [0.2, 0.25) is 11.7 Å². The van der Waals surface area contributed by atoms with Crippen LogP contribution in [-0.4, -0.2) is 59.3 Å². The van der Waals surface area contributed by atoms with Gasteiger partial charge in [-0.2, -0.15) is 4.98 Å². The van der Waals surface area contributed by atoms with E-state index in [-0.39, 0.29) is 5.82 Å². The number of hydrogen-bond donors (Lipinski definition) is 0. The molecule has 0 bridgehead atoms. The van der Waals surface area contributed by atoms with Crippen molar-refractivity contribution in [2.45, 2.75) is 25.8 Å². The van der Waals surface area contributed by atoms with Crippen LogP contribution in [0.2, 0.25) is 0 Å². The molecular weight excluding hydrogens is 395 g/mol. The Kier molecular flexibility index (Phi) is 5.80. The van der Waals surface area contributed by atoms with E-state index in [0.29, 0.717) is 23.9 Å². The van der Waals surface area contributed by atoms with Gasteiger partial charge in [0.1, 0.15) is 11.6 Å². The minimum absolute atomic E-state index is 0.169. The summed E-state index contributed by atoms with van der Waals surface area (Å²) in [7, 11) is 0. The number of aromatic nitrogens is 3. The van der Waals surface area contributed by atoms with Crippen molar-refractivity contribution in [3.05, 3.63) is 54.3 Å². The van der Waals surface area contributed by atoms with Crippen LogP contribution in [0.15, 0.2) is 47.1 Å². The third-order valence-corrected chi connectivity index (χ3v) is 6.08. The summed E-state index contributed by atoms with van der Waals surface area (Å²) < 4.78 is 19.5. The van der Waals surface area contributed by atoms with E-state index in [1.165, 1.54) is 25.3 Å². The highest BCUT2D eigenvalue weighted by atomic mass is 19.1. The molecule has 4 heterocycles. The van der Waals surface area contributed by atoms with Gasteiger partial charge in [0, 0.05) is 51.0 Å². The molecule has 0 atom stereocenters. The molecule has 162 valence electrons. The zero-order valence-electron chi connectivity index (χ0n) is 17.6. The van der Waals surface area contributed by atoms with Crippen molar-refractivity contribution in [2.75, 3.05) is 49.1 Å². The van der Waals surface area contributed by atoms with Crippen molar-refractivity contribution in [1.29, 1.82) is 0 Å². The van der Waals surface area contributed by atoms with Gasteiger partial charge in [0.25, 0.3) is 0 Å². The maximum Gasteiger partial charge on any atom is 0.241 e. The van der Waals surface area contributed by atoms with Gasteiger partial charge < -0.3 is 14.3 Å². The van der Waals surface area contributed by atoms with Gasteiger partial charge in [-0.1, -0.05) is 17.3 Å². The van der Waals surface area contributed by atoms with Gasteiger partial charge in [-0.05, 0) is 43.5 Å². The molecule has 2 fully saturated rings. The highest BCUT2D eigenvalue weighted by Gasteiger charge is 2.21. The quantitative estimate of drug-likeness (QED) is 0.623. The monoisotopic (exact) mass is 422 g/mol. The second-order valence-electron chi connectivity index (χ2n) is 8.18. The van der Waals surface area contributed by atoms with Crippen molar-refractivity contribution in [3.63, 3.8) is 0 Å². The molecule has 0 spiro atoms. The molecule has 2 aliphatic heterocycles. The minimum Gasteiger partial charge on any atom is -0.367 e. The molecule has 0 aliphatic carbocycles. The van der Waals surface area contributed by atoms with Gasteiger partial charge in [-0.15, -0.1) is 0 Å². The Labute approximate surface area is 181 Å². The Morgan fingerprint density at radius 3 is 2.42 bits per heavy atom. The van der Waals surface area contributed by atoms with Gasteiger partial charge in [-0.25, -0.2) is 9.37 Å². The second kappa shape index (κ2) is 9.01. The Morgan fingerprint density at radius 2 is 1.68 bits per heavy atom. The molecule has 0 N–H and O–H groups in total. The summed E-state index contributed by atoms with van der Waals surface area (Å²) in [6, 6.07) is 11.0. The third kappa shape index (κ3) is 4.54. The lowest BCUT2D eigenvalue weighted by Crippen LogP contribution is -2.46. The van der Waals surface area contributed by atoms with Crippen LogP contribution < -0.4 is 9.80 Å². The largest absolute Gasteiger partial charge is 0.367 e. The molecule has 0 unspecified atom stereocenters. The Balaban J connectivity index is 1.17. The summed E-state index contributed by atoms with van der Waals surface area (Å²) in [4.78, 5) is 15.8. The fourth-order valence-electron chi connectivity index (χ4n) is 4.31. The molecule has 31 heavy (non-hydrogen) atoms. The van der Waals surface area contributed by atoms with E-state index >= 15 is 0 Å². The average Bonchev–Trinajstić information content (AvgIpc) is 3.29. The summed E-state index contributed by atoms with van der Waals surface area (Å²) >= 11 is 0. The summed E-state index contributed by atoms with van der Waals surface area (Å²) in [5, 5.41) is 4.14. The third-order valence-electron chi connectivity index (χ3n) is 6.08. The fourth-order valence-corrected chi connectivity index (χ4v) is 4.31. The van der Waals surface area contributed by atoms with Crippen LogP contribution in [0.5, 0.6) is 0 Å². The van der Waals surface area contributed by atoms with E-state index < -0.39 is 0 Å². The second-order valence-corrected chi connectivity index (χ2v) is 8.18. The minimum atomic E-state index is -0.169. The number of para-hydroxylation sites is 1. The first kappa shape index (κ1) is 19.9. The number of anilines is 2. The van der Waals surface area contributed by atoms with Crippen LogP contribution in [-0.2, 0) is 6.54 Å². The maximum atomic E-state index is 14.0. The standard InChI is InChI=1S/C23H27FN6O/c24-19-6-2-3-7-20(19)29-14-12-28(13-15-29)17-22-26-23(27-31-22)18-8-9-21(25-16-18)30-10-4-1-5-11-30/h2-3,6-9,16H,1,4-5,10-15,17H2. The molecule has 2 saturated heterocycles. The van der Waals surface area contributed by atoms with Crippen molar-refractivity contribution < 1.29 is 8.91 Å². The number of nitrogens with zero attached hydrogens (tertiary/aromatic N) is 6. The molecule has 1 aromatic carbocycles. The SMILES string of the molecule is Fc1ccccc1N1CCN(Cc2nc(-c3ccc(N4CCCCC4)nc3)no2)CC1. The molecule has 7 nitrogen and oxygen atoms in total. The number of rotatable bonds is 5. The van der Waals surface area contributed by atoms with Gasteiger partial charge in [0.15, 0.2) is 0 Å². The number of hydrogen-bond acceptors (Lipinski definition) is 7. The maximum absolute atomic E-state index is 14.0. The number of piperazine rings is 1.